The van der Waals surface area contributed by atoms with Crippen LogP contribution in [0.5, 0.6) is 5.75 Å². The fraction of sp³-hybridized carbons (Fsp3) is 0.462. The summed E-state index contributed by atoms with van der Waals surface area (Å²) in [4.78, 5) is 6.61. The van der Waals surface area contributed by atoms with E-state index in [2.05, 4.69) is 16.2 Å². The van der Waals surface area contributed by atoms with Crippen molar-refractivity contribution in [3.63, 3.8) is 0 Å². The SMILES string of the molecule is CC(C)Oc1ccc(-c2nc(-c3cccc4c3CC[C@]43CC(O)N(CCO)C3)no2)cc1S(C)(=O)=O. The van der Waals surface area contributed by atoms with Gasteiger partial charge in [0, 0.05) is 35.9 Å². The summed E-state index contributed by atoms with van der Waals surface area (Å²) in [5.41, 5.74) is 3.52. The second kappa shape index (κ2) is 9.26. The van der Waals surface area contributed by atoms with E-state index in [9.17, 15) is 18.6 Å². The molecule has 192 valence electrons. The minimum Gasteiger partial charge on any atom is -0.490 e. The summed E-state index contributed by atoms with van der Waals surface area (Å²) < 4.78 is 36.1. The molecule has 2 atom stereocenters. The number of fused-ring (bicyclic) bond motifs is 2. The second-order valence-electron chi connectivity index (χ2n) is 10.0. The van der Waals surface area contributed by atoms with Crippen LogP contribution in [-0.2, 0) is 21.7 Å². The molecule has 1 unspecified atom stereocenters. The molecule has 1 aliphatic heterocycles. The Morgan fingerprint density at radius 1 is 1.28 bits per heavy atom. The monoisotopic (exact) mass is 513 g/mol. The lowest BCUT2D eigenvalue weighted by molar-refractivity contribution is 0.0277. The van der Waals surface area contributed by atoms with Crippen molar-refractivity contribution >= 4 is 9.84 Å². The lowest BCUT2D eigenvalue weighted by Crippen LogP contribution is -2.33. The van der Waals surface area contributed by atoms with E-state index in [0.29, 0.717) is 30.9 Å². The maximum Gasteiger partial charge on any atom is 0.258 e. The zero-order valence-electron chi connectivity index (χ0n) is 20.6. The van der Waals surface area contributed by atoms with Gasteiger partial charge in [-0.05, 0) is 62.4 Å². The van der Waals surface area contributed by atoms with E-state index in [1.165, 1.54) is 11.6 Å². The maximum atomic E-state index is 12.4. The first-order chi connectivity index (χ1) is 17.1. The standard InChI is InChI=1S/C26H31N3O6S/c1-16(2)34-21-8-7-17(13-22(21)36(3,32)33)25-27-24(28-35-25)19-5-4-6-20-18(19)9-10-26(20)14-23(31)29(15-26)11-12-30/h4-8,13,16,23,30-31H,9-12,14-15H2,1-3H3/t23?,26-/m1/s1. The molecule has 2 N–H and O–H groups in total. The molecule has 1 aromatic heterocycles. The molecule has 0 bridgehead atoms. The Kier molecular flexibility index (Phi) is 6.40. The van der Waals surface area contributed by atoms with Crippen molar-refractivity contribution in [1.29, 1.82) is 0 Å². The summed E-state index contributed by atoms with van der Waals surface area (Å²) in [6.45, 7) is 4.83. The number of rotatable bonds is 7. The summed E-state index contributed by atoms with van der Waals surface area (Å²) in [6.07, 6.45) is 2.75. The highest BCUT2D eigenvalue weighted by atomic mass is 32.2. The van der Waals surface area contributed by atoms with Gasteiger partial charge in [0.15, 0.2) is 9.84 Å². The predicted octanol–water partition coefficient (Wildman–Crippen LogP) is 2.79. The molecule has 36 heavy (non-hydrogen) atoms. The number of hydrogen-bond acceptors (Lipinski definition) is 9. The third-order valence-electron chi connectivity index (χ3n) is 7.11. The minimum absolute atomic E-state index is 0.0112. The maximum absolute atomic E-state index is 12.4. The van der Waals surface area contributed by atoms with Crippen LogP contribution in [0, 0.1) is 0 Å². The molecule has 1 aliphatic carbocycles. The Balaban J connectivity index is 1.49. The smallest absolute Gasteiger partial charge is 0.258 e. The highest BCUT2D eigenvalue weighted by molar-refractivity contribution is 7.90. The molecule has 10 heteroatoms. The van der Waals surface area contributed by atoms with Gasteiger partial charge < -0.3 is 19.5 Å². The molecule has 0 saturated carbocycles. The average molecular weight is 514 g/mol. The van der Waals surface area contributed by atoms with Crippen molar-refractivity contribution < 1.29 is 27.9 Å². The van der Waals surface area contributed by atoms with Crippen LogP contribution in [0.1, 0.15) is 37.8 Å². The van der Waals surface area contributed by atoms with E-state index in [-0.39, 0.29) is 34.7 Å². The number of hydrogen-bond donors (Lipinski definition) is 2. The highest BCUT2D eigenvalue weighted by Gasteiger charge is 2.48. The topological polar surface area (TPSA) is 126 Å². The first kappa shape index (κ1) is 24.9. The number of aliphatic hydroxyl groups is 2. The van der Waals surface area contributed by atoms with Crippen LogP contribution in [0.4, 0.5) is 0 Å². The van der Waals surface area contributed by atoms with Crippen molar-refractivity contribution in [1.82, 2.24) is 15.0 Å². The molecular weight excluding hydrogens is 482 g/mol. The van der Waals surface area contributed by atoms with Crippen LogP contribution in [0.3, 0.4) is 0 Å². The van der Waals surface area contributed by atoms with Crippen LogP contribution >= 0.6 is 0 Å². The number of sulfone groups is 1. The number of β-amino-alcohol motifs (C(OH)–C–C–N with tert-alkyl or cyclic N) is 1. The minimum atomic E-state index is -3.54. The van der Waals surface area contributed by atoms with Crippen molar-refractivity contribution in [2.75, 3.05) is 26.0 Å². The Bertz CT molecular complexity index is 1390. The van der Waals surface area contributed by atoms with Gasteiger partial charge in [-0.25, -0.2) is 8.42 Å². The van der Waals surface area contributed by atoms with E-state index < -0.39 is 16.1 Å². The zero-order chi connectivity index (χ0) is 25.7. The molecule has 2 aliphatic rings. The molecule has 5 rings (SSSR count). The first-order valence-corrected chi connectivity index (χ1v) is 14.0. The van der Waals surface area contributed by atoms with Crippen molar-refractivity contribution in [2.24, 2.45) is 0 Å². The Hall–Kier alpha value is -2.79. The van der Waals surface area contributed by atoms with Crippen LogP contribution in [0.25, 0.3) is 22.8 Å². The molecule has 9 nitrogen and oxygen atoms in total. The fourth-order valence-electron chi connectivity index (χ4n) is 5.56. The molecule has 3 aromatic rings. The van der Waals surface area contributed by atoms with Gasteiger partial charge in [0.1, 0.15) is 16.9 Å². The van der Waals surface area contributed by atoms with Gasteiger partial charge in [0.05, 0.1) is 12.7 Å². The molecule has 2 heterocycles. The van der Waals surface area contributed by atoms with E-state index in [1.54, 1.807) is 12.1 Å². The second-order valence-corrected chi connectivity index (χ2v) is 12.0. The van der Waals surface area contributed by atoms with Gasteiger partial charge in [-0.2, -0.15) is 4.98 Å². The van der Waals surface area contributed by atoms with Crippen molar-refractivity contribution in [3.05, 3.63) is 47.5 Å². The van der Waals surface area contributed by atoms with Gasteiger partial charge >= 0.3 is 0 Å². The van der Waals surface area contributed by atoms with Crippen molar-refractivity contribution in [3.8, 4) is 28.6 Å². The summed E-state index contributed by atoms with van der Waals surface area (Å²) in [6, 6.07) is 10.9. The van der Waals surface area contributed by atoms with Gasteiger partial charge in [-0.15, -0.1) is 0 Å². The van der Waals surface area contributed by atoms with E-state index in [0.717, 1.165) is 30.2 Å². The summed E-state index contributed by atoms with van der Waals surface area (Å²) in [7, 11) is -3.54. The number of aromatic nitrogens is 2. The normalized spacial score (nSPS) is 22.0. The zero-order valence-corrected chi connectivity index (χ0v) is 21.5. The fourth-order valence-corrected chi connectivity index (χ4v) is 6.39. The highest BCUT2D eigenvalue weighted by Crippen LogP contribution is 2.49. The predicted molar refractivity (Wildman–Crippen MR) is 133 cm³/mol. The molecule has 2 aromatic carbocycles. The molecule has 1 fully saturated rings. The van der Waals surface area contributed by atoms with Gasteiger partial charge in [-0.1, -0.05) is 23.4 Å². The number of likely N-dealkylation sites (tertiary alicyclic amines) is 1. The number of nitrogens with zero attached hydrogens (tertiary/aromatic N) is 3. The number of aliphatic hydroxyl groups excluding tert-OH is 2. The molecule has 1 saturated heterocycles. The van der Waals surface area contributed by atoms with Crippen LogP contribution in [-0.4, -0.2) is 72.0 Å². The van der Waals surface area contributed by atoms with Gasteiger partial charge in [0.2, 0.25) is 5.82 Å². The lowest BCUT2D eigenvalue weighted by atomic mass is 9.80. The van der Waals surface area contributed by atoms with E-state index >= 15 is 0 Å². The summed E-state index contributed by atoms with van der Waals surface area (Å²) >= 11 is 0. The van der Waals surface area contributed by atoms with Crippen molar-refractivity contribution in [2.45, 2.75) is 55.8 Å². The summed E-state index contributed by atoms with van der Waals surface area (Å²) in [5.74, 6) is 0.950. The summed E-state index contributed by atoms with van der Waals surface area (Å²) in [5, 5.41) is 24.1. The third-order valence-corrected chi connectivity index (χ3v) is 8.23. The van der Waals surface area contributed by atoms with E-state index in [1.807, 2.05) is 30.9 Å². The van der Waals surface area contributed by atoms with E-state index in [4.69, 9.17) is 9.26 Å². The quantitative estimate of drug-likeness (QED) is 0.490. The number of benzene rings is 2. The molecular formula is C26H31N3O6S. The molecule has 0 radical (unpaired) electrons. The molecule has 1 spiro atoms. The third kappa shape index (κ3) is 4.43. The first-order valence-electron chi connectivity index (χ1n) is 12.1. The van der Waals surface area contributed by atoms with Crippen LogP contribution < -0.4 is 4.74 Å². The van der Waals surface area contributed by atoms with Crippen LogP contribution in [0.2, 0.25) is 0 Å². The largest absolute Gasteiger partial charge is 0.490 e. The Morgan fingerprint density at radius 2 is 2.08 bits per heavy atom. The van der Waals surface area contributed by atoms with Gasteiger partial charge in [0.25, 0.3) is 5.89 Å². The molecule has 0 amide bonds. The Morgan fingerprint density at radius 3 is 2.81 bits per heavy atom. The average Bonchev–Trinajstić information content (AvgIpc) is 3.52. The van der Waals surface area contributed by atoms with Gasteiger partial charge in [-0.3, -0.25) is 4.90 Å². The Labute approximate surface area is 210 Å². The lowest BCUT2D eigenvalue weighted by Gasteiger charge is -2.25. The van der Waals surface area contributed by atoms with Crippen LogP contribution in [0.15, 0.2) is 45.8 Å². The number of ether oxygens (including phenoxy) is 1.